The van der Waals surface area contributed by atoms with Crippen LogP contribution in [0, 0.1) is 17.3 Å². The number of nitrogens with zero attached hydrogens (tertiary/aromatic N) is 1. The van der Waals surface area contributed by atoms with E-state index in [1.165, 1.54) is 0 Å². The van der Waals surface area contributed by atoms with Crippen molar-refractivity contribution in [3.8, 4) is 17.6 Å². The molecule has 0 atom stereocenters. The Morgan fingerprint density at radius 1 is 1.12 bits per heavy atom. The zero-order valence-electron chi connectivity index (χ0n) is 14.1. The normalized spacial score (nSPS) is 10.5. The van der Waals surface area contributed by atoms with Crippen LogP contribution in [-0.4, -0.2) is 23.3 Å². The van der Waals surface area contributed by atoms with Crippen molar-refractivity contribution in [2.24, 2.45) is 5.41 Å². The standard InChI is InChI=1S/C20H21NO3/c1-20(2,14-13-16-9-5-4-6-10-16)19(22)21(23)15-17-11-7-8-12-18(17)24-3/h4-12,23H,15H2,1-3H3. The minimum absolute atomic E-state index is 0.0410. The summed E-state index contributed by atoms with van der Waals surface area (Å²) in [5, 5.41) is 10.9. The Morgan fingerprint density at radius 2 is 1.75 bits per heavy atom. The number of carbonyl (C=O) groups is 1. The first-order chi connectivity index (χ1) is 11.4. The summed E-state index contributed by atoms with van der Waals surface area (Å²) >= 11 is 0. The van der Waals surface area contributed by atoms with E-state index in [4.69, 9.17) is 4.74 Å². The lowest BCUT2D eigenvalue weighted by Gasteiger charge is -2.24. The zero-order valence-corrected chi connectivity index (χ0v) is 14.1. The van der Waals surface area contributed by atoms with Gasteiger partial charge in [0.1, 0.15) is 11.2 Å². The van der Waals surface area contributed by atoms with Gasteiger partial charge in [0.05, 0.1) is 13.7 Å². The Labute approximate surface area is 142 Å². The minimum Gasteiger partial charge on any atom is -0.496 e. The Morgan fingerprint density at radius 3 is 2.42 bits per heavy atom. The Kier molecular flexibility index (Phi) is 5.62. The highest BCUT2D eigenvalue weighted by Crippen LogP contribution is 2.22. The Balaban J connectivity index is 2.13. The fourth-order valence-corrected chi connectivity index (χ4v) is 2.19. The van der Waals surface area contributed by atoms with Crippen LogP contribution in [0.4, 0.5) is 0 Å². The molecule has 124 valence electrons. The van der Waals surface area contributed by atoms with E-state index in [2.05, 4.69) is 11.8 Å². The highest BCUT2D eigenvalue weighted by atomic mass is 16.5. The van der Waals surface area contributed by atoms with Crippen LogP contribution in [0.3, 0.4) is 0 Å². The molecule has 0 radical (unpaired) electrons. The molecule has 4 heteroatoms. The van der Waals surface area contributed by atoms with Crippen LogP contribution < -0.4 is 4.74 Å². The van der Waals surface area contributed by atoms with Crippen LogP contribution in [0.5, 0.6) is 5.75 Å². The molecule has 0 aliphatic carbocycles. The van der Waals surface area contributed by atoms with Crippen LogP contribution in [0.25, 0.3) is 0 Å². The number of hydrogen-bond donors (Lipinski definition) is 1. The molecule has 0 saturated carbocycles. The van der Waals surface area contributed by atoms with E-state index in [-0.39, 0.29) is 6.54 Å². The highest BCUT2D eigenvalue weighted by molar-refractivity contribution is 5.84. The third-order valence-corrected chi connectivity index (χ3v) is 3.57. The van der Waals surface area contributed by atoms with Crippen molar-refractivity contribution in [3.63, 3.8) is 0 Å². The van der Waals surface area contributed by atoms with Crippen molar-refractivity contribution < 1.29 is 14.7 Å². The summed E-state index contributed by atoms with van der Waals surface area (Å²) in [5.41, 5.74) is 0.544. The third-order valence-electron chi connectivity index (χ3n) is 3.57. The lowest BCUT2D eigenvalue weighted by Crippen LogP contribution is -2.37. The molecule has 0 aliphatic rings. The van der Waals surface area contributed by atoms with Gasteiger partial charge in [-0.3, -0.25) is 10.0 Å². The first kappa shape index (κ1) is 17.6. The van der Waals surface area contributed by atoms with Gasteiger partial charge in [0.2, 0.25) is 0 Å². The molecule has 2 aromatic carbocycles. The van der Waals surface area contributed by atoms with Gasteiger partial charge in [-0.25, -0.2) is 5.06 Å². The molecule has 0 aliphatic heterocycles. The van der Waals surface area contributed by atoms with Crippen molar-refractivity contribution in [1.29, 1.82) is 0 Å². The SMILES string of the molecule is COc1ccccc1CN(O)C(=O)C(C)(C)C#Cc1ccccc1. The monoisotopic (exact) mass is 323 g/mol. The second-order valence-corrected chi connectivity index (χ2v) is 5.92. The maximum absolute atomic E-state index is 12.5. The first-order valence-electron chi connectivity index (χ1n) is 7.65. The summed E-state index contributed by atoms with van der Waals surface area (Å²) in [6.45, 7) is 3.42. The molecule has 2 rings (SSSR count). The van der Waals surface area contributed by atoms with Crippen molar-refractivity contribution in [2.75, 3.05) is 7.11 Å². The smallest absolute Gasteiger partial charge is 0.263 e. The summed E-state index contributed by atoms with van der Waals surface area (Å²) in [6.07, 6.45) is 0. The molecule has 0 saturated heterocycles. The predicted octanol–water partition coefficient (Wildman–Crippen LogP) is 3.49. The maximum Gasteiger partial charge on any atom is 0.263 e. The lowest BCUT2D eigenvalue weighted by atomic mass is 9.92. The van der Waals surface area contributed by atoms with Crippen molar-refractivity contribution in [2.45, 2.75) is 20.4 Å². The fourth-order valence-electron chi connectivity index (χ4n) is 2.19. The molecular weight excluding hydrogens is 302 g/mol. The van der Waals surface area contributed by atoms with Crippen LogP contribution in [-0.2, 0) is 11.3 Å². The zero-order chi connectivity index (χ0) is 17.6. The van der Waals surface area contributed by atoms with Crippen LogP contribution in [0.1, 0.15) is 25.0 Å². The minimum atomic E-state index is -1.01. The number of methoxy groups -OCH3 is 1. The van der Waals surface area contributed by atoms with Gasteiger partial charge < -0.3 is 4.74 Å². The summed E-state index contributed by atoms with van der Waals surface area (Å²) < 4.78 is 5.24. The predicted molar refractivity (Wildman–Crippen MR) is 92.4 cm³/mol. The van der Waals surface area contributed by atoms with Gasteiger partial charge in [0.25, 0.3) is 5.91 Å². The average molecular weight is 323 g/mol. The Bertz CT molecular complexity index is 757. The number of rotatable bonds is 4. The number of ether oxygens (including phenoxy) is 1. The molecule has 0 heterocycles. The number of amides is 1. The van der Waals surface area contributed by atoms with Crippen molar-refractivity contribution in [1.82, 2.24) is 5.06 Å². The topological polar surface area (TPSA) is 49.8 Å². The van der Waals surface area contributed by atoms with Crippen molar-refractivity contribution >= 4 is 5.91 Å². The second kappa shape index (κ2) is 7.67. The van der Waals surface area contributed by atoms with Gasteiger partial charge in [-0.05, 0) is 32.0 Å². The van der Waals surface area contributed by atoms with Gasteiger partial charge >= 0.3 is 0 Å². The molecule has 4 nitrogen and oxygen atoms in total. The van der Waals surface area contributed by atoms with E-state index in [1.54, 1.807) is 33.1 Å². The van der Waals surface area contributed by atoms with Gasteiger partial charge in [-0.2, -0.15) is 0 Å². The number of benzene rings is 2. The van der Waals surface area contributed by atoms with E-state index in [0.717, 1.165) is 11.1 Å². The Hall–Kier alpha value is -2.77. The molecule has 0 fully saturated rings. The number of carbonyl (C=O) groups excluding carboxylic acids is 1. The largest absolute Gasteiger partial charge is 0.496 e. The fraction of sp³-hybridized carbons (Fsp3) is 0.250. The summed E-state index contributed by atoms with van der Waals surface area (Å²) in [4.78, 5) is 12.5. The molecule has 0 unspecified atom stereocenters. The van der Waals surface area contributed by atoms with Gasteiger partial charge in [0.15, 0.2) is 0 Å². The quantitative estimate of drug-likeness (QED) is 0.532. The second-order valence-electron chi connectivity index (χ2n) is 5.92. The van der Waals surface area contributed by atoms with Gasteiger partial charge in [-0.1, -0.05) is 48.2 Å². The summed E-state index contributed by atoms with van der Waals surface area (Å²) in [7, 11) is 1.55. The molecule has 0 bridgehead atoms. The van der Waals surface area contributed by atoms with E-state index in [9.17, 15) is 10.0 Å². The van der Waals surface area contributed by atoms with Crippen LogP contribution in [0.2, 0.25) is 0 Å². The summed E-state index contributed by atoms with van der Waals surface area (Å²) in [5.74, 6) is 6.07. The summed E-state index contributed by atoms with van der Waals surface area (Å²) in [6, 6.07) is 16.7. The van der Waals surface area contributed by atoms with Gasteiger partial charge in [-0.15, -0.1) is 0 Å². The number of hydroxylamine groups is 2. The molecule has 0 spiro atoms. The van der Waals surface area contributed by atoms with E-state index in [0.29, 0.717) is 10.8 Å². The van der Waals surface area contributed by atoms with E-state index in [1.807, 2.05) is 42.5 Å². The number of hydrogen-bond acceptors (Lipinski definition) is 3. The molecule has 2 aromatic rings. The molecule has 0 aromatic heterocycles. The lowest BCUT2D eigenvalue weighted by molar-refractivity contribution is -0.175. The maximum atomic E-state index is 12.5. The molecule has 1 N–H and O–H groups in total. The van der Waals surface area contributed by atoms with Crippen LogP contribution >= 0.6 is 0 Å². The van der Waals surface area contributed by atoms with E-state index < -0.39 is 11.3 Å². The van der Waals surface area contributed by atoms with Crippen molar-refractivity contribution in [3.05, 3.63) is 65.7 Å². The average Bonchev–Trinajstić information content (AvgIpc) is 2.60. The molecule has 1 amide bonds. The third kappa shape index (κ3) is 4.37. The van der Waals surface area contributed by atoms with Gasteiger partial charge in [0, 0.05) is 11.1 Å². The molecule has 24 heavy (non-hydrogen) atoms. The number of para-hydroxylation sites is 1. The van der Waals surface area contributed by atoms with Crippen LogP contribution in [0.15, 0.2) is 54.6 Å². The highest BCUT2D eigenvalue weighted by Gasteiger charge is 2.30. The van der Waals surface area contributed by atoms with E-state index >= 15 is 0 Å². The first-order valence-corrected chi connectivity index (χ1v) is 7.65. The molecular formula is C20H21NO3.